The maximum atomic E-state index is 8.56. The minimum Gasteiger partial charge on any atom is -0.392 e. The van der Waals surface area contributed by atoms with Crippen molar-refractivity contribution in [1.29, 1.82) is 0 Å². The number of hydrogen-bond acceptors (Lipinski definition) is 2. The number of aliphatic hydroxyl groups excluding tert-OH is 1. The fraction of sp³-hybridized carbons (Fsp3) is 0.714. The average Bonchev–Trinajstić information content (AvgIpc) is 1.89. The Morgan fingerprint density at radius 2 is 2.33 bits per heavy atom. The first-order chi connectivity index (χ1) is 4.31. The third-order valence-electron chi connectivity index (χ3n) is 1.06. The Hall–Kier alpha value is 0.0500. The highest BCUT2D eigenvalue weighted by Crippen LogP contribution is 1.99. The van der Waals surface area contributed by atoms with E-state index >= 15 is 0 Å². The molecule has 0 aliphatic carbocycles. The lowest BCUT2D eigenvalue weighted by molar-refractivity contribution is 0.331. The standard InChI is InChI=1S/C7H14OS/c1-7(6-8)4-3-5-9-2/h4,8H,3,5-6H2,1-2H3. The van der Waals surface area contributed by atoms with E-state index in [9.17, 15) is 0 Å². The van der Waals surface area contributed by atoms with Gasteiger partial charge in [-0.3, -0.25) is 0 Å². The van der Waals surface area contributed by atoms with E-state index < -0.39 is 0 Å². The molecule has 0 rings (SSSR count). The first-order valence-corrected chi connectivity index (χ1v) is 4.46. The van der Waals surface area contributed by atoms with Gasteiger partial charge in [-0.2, -0.15) is 11.8 Å². The zero-order chi connectivity index (χ0) is 7.11. The molecule has 0 heterocycles. The Kier molecular flexibility index (Phi) is 6.21. The van der Waals surface area contributed by atoms with Crippen LogP contribution < -0.4 is 0 Å². The van der Waals surface area contributed by atoms with Crippen LogP contribution in [0, 0.1) is 0 Å². The van der Waals surface area contributed by atoms with Gasteiger partial charge in [0.2, 0.25) is 0 Å². The van der Waals surface area contributed by atoms with Crippen molar-refractivity contribution < 1.29 is 5.11 Å². The zero-order valence-electron chi connectivity index (χ0n) is 6.05. The van der Waals surface area contributed by atoms with E-state index in [4.69, 9.17) is 5.11 Å². The minimum atomic E-state index is 0.203. The molecule has 0 aliphatic heterocycles. The second-order valence-corrected chi connectivity index (χ2v) is 2.98. The summed E-state index contributed by atoms with van der Waals surface area (Å²) in [6, 6.07) is 0. The third kappa shape index (κ3) is 5.93. The zero-order valence-corrected chi connectivity index (χ0v) is 6.87. The lowest BCUT2D eigenvalue weighted by Crippen LogP contribution is -1.84. The van der Waals surface area contributed by atoms with Crippen LogP contribution in [0.1, 0.15) is 13.3 Å². The van der Waals surface area contributed by atoms with E-state index in [0.717, 1.165) is 17.7 Å². The summed E-state index contributed by atoms with van der Waals surface area (Å²) in [7, 11) is 0. The number of allylic oxidation sites excluding steroid dienone is 1. The molecule has 0 fully saturated rings. The highest BCUT2D eigenvalue weighted by atomic mass is 32.2. The number of aliphatic hydroxyl groups is 1. The van der Waals surface area contributed by atoms with Crippen molar-refractivity contribution in [2.45, 2.75) is 13.3 Å². The quantitative estimate of drug-likeness (QED) is 0.481. The van der Waals surface area contributed by atoms with Gasteiger partial charge in [0.1, 0.15) is 0 Å². The molecule has 0 aromatic heterocycles. The molecule has 0 aromatic carbocycles. The Labute approximate surface area is 61.2 Å². The maximum absolute atomic E-state index is 8.56. The predicted molar refractivity (Wildman–Crippen MR) is 43.8 cm³/mol. The molecular formula is C7H14OS. The van der Waals surface area contributed by atoms with Gasteiger partial charge >= 0.3 is 0 Å². The summed E-state index contributed by atoms with van der Waals surface area (Å²) in [6.45, 7) is 2.15. The van der Waals surface area contributed by atoms with Gasteiger partial charge in [0, 0.05) is 0 Å². The van der Waals surface area contributed by atoms with Gasteiger partial charge in [0.25, 0.3) is 0 Å². The normalized spacial score (nSPS) is 12.1. The lowest BCUT2D eigenvalue weighted by atomic mass is 10.3. The highest BCUT2D eigenvalue weighted by Gasteiger charge is 1.83. The van der Waals surface area contributed by atoms with Crippen LogP contribution >= 0.6 is 11.8 Å². The molecule has 0 saturated heterocycles. The van der Waals surface area contributed by atoms with Crippen LogP contribution in [0.4, 0.5) is 0 Å². The van der Waals surface area contributed by atoms with Gasteiger partial charge in [-0.25, -0.2) is 0 Å². The molecule has 0 atom stereocenters. The molecular weight excluding hydrogens is 132 g/mol. The minimum absolute atomic E-state index is 0.203. The van der Waals surface area contributed by atoms with Crippen molar-refractivity contribution in [2.75, 3.05) is 18.6 Å². The molecule has 1 N–H and O–H groups in total. The topological polar surface area (TPSA) is 20.2 Å². The summed E-state index contributed by atoms with van der Waals surface area (Å²) in [6.07, 6.45) is 5.24. The summed E-state index contributed by atoms with van der Waals surface area (Å²) >= 11 is 1.83. The second-order valence-electron chi connectivity index (χ2n) is 1.99. The Morgan fingerprint density at radius 3 is 2.78 bits per heavy atom. The number of hydrogen-bond donors (Lipinski definition) is 1. The van der Waals surface area contributed by atoms with Crippen LogP contribution in [-0.4, -0.2) is 23.7 Å². The first kappa shape index (κ1) is 9.05. The molecule has 0 aliphatic rings. The Morgan fingerprint density at radius 1 is 1.67 bits per heavy atom. The van der Waals surface area contributed by atoms with Crippen molar-refractivity contribution in [3.05, 3.63) is 11.6 Å². The van der Waals surface area contributed by atoms with Crippen LogP contribution in [0.25, 0.3) is 0 Å². The lowest BCUT2D eigenvalue weighted by Gasteiger charge is -1.92. The number of thioether (sulfide) groups is 1. The van der Waals surface area contributed by atoms with Crippen LogP contribution in [0.3, 0.4) is 0 Å². The van der Waals surface area contributed by atoms with Crippen LogP contribution in [-0.2, 0) is 0 Å². The van der Waals surface area contributed by atoms with Gasteiger partial charge in [-0.05, 0) is 25.4 Å². The summed E-state index contributed by atoms with van der Waals surface area (Å²) in [5.41, 5.74) is 1.07. The molecule has 0 radical (unpaired) electrons. The fourth-order valence-electron chi connectivity index (χ4n) is 0.488. The van der Waals surface area contributed by atoms with Crippen LogP contribution in [0.5, 0.6) is 0 Å². The molecule has 0 saturated carbocycles. The fourth-order valence-corrected chi connectivity index (χ4v) is 0.841. The van der Waals surface area contributed by atoms with Crippen molar-refractivity contribution in [2.24, 2.45) is 0 Å². The molecule has 0 bridgehead atoms. The number of rotatable bonds is 4. The maximum Gasteiger partial charge on any atom is 0.0639 e. The molecule has 0 aromatic rings. The average molecular weight is 146 g/mol. The first-order valence-electron chi connectivity index (χ1n) is 3.06. The van der Waals surface area contributed by atoms with E-state index in [1.807, 2.05) is 18.7 Å². The molecule has 1 nitrogen and oxygen atoms in total. The van der Waals surface area contributed by atoms with E-state index in [1.165, 1.54) is 0 Å². The van der Waals surface area contributed by atoms with Gasteiger partial charge in [-0.1, -0.05) is 11.6 Å². The van der Waals surface area contributed by atoms with E-state index in [-0.39, 0.29) is 6.61 Å². The molecule has 2 heteroatoms. The van der Waals surface area contributed by atoms with Crippen molar-refractivity contribution in [1.82, 2.24) is 0 Å². The summed E-state index contributed by atoms with van der Waals surface area (Å²) in [5, 5.41) is 8.56. The second kappa shape index (κ2) is 6.17. The van der Waals surface area contributed by atoms with Crippen molar-refractivity contribution in [3.8, 4) is 0 Å². The van der Waals surface area contributed by atoms with Gasteiger partial charge in [0.15, 0.2) is 0 Å². The molecule has 54 valence electrons. The largest absolute Gasteiger partial charge is 0.392 e. The summed E-state index contributed by atoms with van der Waals surface area (Å²) < 4.78 is 0. The molecule has 9 heavy (non-hydrogen) atoms. The van der Waals surface area contributed by atoms with Gasteiger partial charge in [0.05, 0.1) is 6.61 Å². The molecule has 0 amide bonds. The Balaban J connectivity index is 3.21. The summed E-state index contributed by atoms with van der Waals surface area (Å²) in [4.78, 5) is 0. The Bertz CT molecular complexity index is 88.9. The van der Waals surface area contributed by atoms with E-state index in [2.05, 4.69) is 12.3 Å². The van der Waals surface area contributed by atoms with E-state index in [1.54, 1.807) is 0 Å². The van der Waals surface area contributed by atoms with Crippen LogP contribution in [0.15, 0.2) is 11.6 Å². The smallest absolute Gasteiger partial charge is 0.0639 e. The van der Waals surface area contributed by atoms with Gasteiger partial charge in [-0.15, -0.1) is 0 Å². The predicted octanol–water partition coefficient (Wildman–Crippen LogP) is 1.68. The summed E-state index contributed by atoms with van der Waals surface area (Å²) in [5.74, 6) is 1.15. The van der Waals surface area contributed by atoms with Crippen molar-refractivity contribution >= 4 is 11.8 Å². The molecule has 0 unspecified atom stereocenters. The SMILES string of the molecule is CSCCC=C(C)CO. The third-order valence-corrected chi connectivity index (χ3v) is 1.71. The van der Waals surface area contributed by atoms with Crippen molar-refractivity contribution in [3.63, 3.8) is 0 Å². The highest BCUT2D eigenvalue weighted by molar-refractivity contribution is 7.98. The monoisotopic (exact) mass is 146 g/mol. The van der Waals surface area contributed by atoms with E-state index in [0.29, 0.717) is 0 Å². The van der Waals surface area contributed by atoms with Gasteiger partial charge < -0.3 is 5.11 Å². The molecule has 0 spiro atoms. The van der Waals surface area contributed by atoms with Crippen LogP contribution in [0.2, 0.25) is 0 Å².